The lowest BCUT2D eigenvalue weighted by molar-refractivity contribution is 0.0751. The predicted molar refractivity (Wildman–Crippen MR) is 57.5 cm³/mol. The number of hydrogen-bond donors (Lipinski definition) is 2. The fourth-order valence-electron chi connectivity index (χ4n) is 0.955. The Morgan fingerprint density at radius 1 is 0.875 bits per heavy atom. The summed E-state index contributed by atoms with van der Waals surface area (Å²) in [7, 11) is -7.51. The first-order valence-corrected chi connectivity index (χ1v) is 7.89. The van der Waals surface area contributed by atoms with Gasteiger partial charge in [0.2, 0.25) is 0 Å². The summed E-state index contributed by atoms with van der Waals surface area (Å²) in [6, 6.07) is 0. The minimum Gasteiger partial charge on any atom is -0.328 e. The van der Waals surface area contributed by atoms with Gasteiger partial charge in [0.25, 0.3) is 20.2 Å². The third-order valence-corrected chi connectivity index (χ3v) is 2.67. The van der Waals surface area contributed by atoms with Crippen LogP contribution in [-0.2, 0) is 28.6 Å². The van der Waals surface area contributed by atoms with Crippen molar-refractivity contribution < 1.29 is 25.2 Å². The Hall–Kier alpha value is -0.260. The minimum atomic E-state index is -3.76. The molecule has 0 rings (SSSR count). The van der Waals surface area contributed by atoms with Crippen LogP contribution in [0.1, 0.15) is 0 Å². The molecule has 0 amide bonds. The lowest BCUT2D eigenvalue weighted by atomic mass is 10.2. The Morgan fingerprint density at radius 2 is 1.12 bits per heavy atom. The molecule has 10 heteroatoms. The van der Waals surface area contributed by atoms with Gasteiger partial charge >= 0.3 is 0 Å². The van der Waals surface area contributed by atoms with Gasteiger partial charge in [-0.2, -0.15) is 16.8 Å². The normalized spacial score (nSPS) is 17.0. The van der Waals surface area contributed by atoms with E-state index in [4.69, 9.17) is 11.5 Å². The first kappa shape index (κ1) is 15.7. The predicted octanol–water partition coefficient (Wildman–Crippen LogP) is -2.41. The van der Waals surface area contributed by atoms with E-state index in [0.717, 1.165) is 12.5 Å². The maximum absolute atomic E-state index is 10.9. The molecule has 0 heterocycles. The Labute approximate surface area is 95.1 Å². The molecule has 0 aromatic rings. The molecule has 0 aliphatic carbocycles. The van der Waals surface area contributed by atoms with Gasteiger partial charge in [0.05, 0.1) is 12.5 Å². The molecule has 4 N–H and O–H groups in total. The van der Waals surface area contributed by atoms with Crippen molar-refractivity contribution in [1.29, 1.82) is 0 Å². The minimum absolute atomic E-state index is 0.232. The molecule has 0 radical (unpaired) electrons. The SMILES string of the molecule is CS(=O)(=O)O[C@@H](CN)[C@@H](CN)OS(C)(=O)=O. The van der Waals surface area contributed by atoms with Gasteiger partial charge in [-0.1, -0.05) is 0 Å². The summed E-state index contributed by atoms with van der Waals surface area (Å²) < 4.78 is 52.6. The number of nitrogens with two attached hydrogens (primary N) is 2. The van der Waals surface area contributed by atoms with Crippen molar-refractivity contribution in [2.24, 2.45) is 11.5 Å². The molecule has 0 spiro atoms. The van der Waals surface area contributed by atoms with Crippen molar-refractivity contribution in [3.63, 3.8) is 0 Å². The number of hydrogen-bond acceptors (Lipinski definition) is 8. The highest BCUT2D eigenvalue weighted by molar-refractivity contribution is 7.86. The van der Waals surface area contributed by atoms with Crippen LogP contribution in [0.25, 0.3) is 0 Å². The molecule has 0 aliphatic rings. The zero-order chi connectivity index (χ0) is 13.0. The van der Waals surface area contributed by atoms with E-state index in [1.165, 1.54) is 0 Å². The van der Waals surface area contributed by atoms with Crippen LogP contribution in [-0.4, -0.2) is 54.6 Å². The van der Waals surface area contributed by atoms with E-state index in [0.29, 0.717) is 0 Å². The third-order valence-electron chi connectivity index (χ3n) is 1.48. The fraction of sp³-hybridized carbons (Fsp3) is 1.00. The molecule has 16 heavy (non-hydrogen) atoms. The monoisotopic (exact) mass is 276 g/mol. The van der Waals surface area contributed by atoms with Crippen molar-refractivity contribution in [3.8, 4) is 0 Å². The smallest absolute Gasteiger partial charge is 0.264 e. The van der Waals surface area contributed by atoms with Gasteiger partial charge in [-0.05, 0) is 0 Å². The molecular formula is C6H16N2O6S2. The first-order valence-electron chi connectivity index (χ1n) is 4.25. The zero-order valence-electron chi connectivity index (χ0n) is 8.99. The van der Waals surface area contributed by atoms with E-state index in [1.807, 2.05) is 0 Å². The van der Waals surface area contributed by atoms with E-state index in [-0.39, 0.29) is 13.1 Å². The van der Waals surface area contributed by atoms with Crippen molar-refractivity contribution >= 4 is 20.2 Å². The van der Waals surface area contributed by atoms with Crippen molar-refractivity contribution in [2.45, 2.75) is 12.2 Å². The van der Waals surface area contributed by atoms with Gasteiger partial charge in [0, 0.05) is 13.1 Å². The first-order chi connectivity index (χ1) is 7.09. The fourth-order valence-corrected chi connectivity index (χ4v) is 2.26. The Morgan fingerprint density at radius 3 is 1.25 bits per heavy atom. The Balaban J connectivity index is 4.77. The second kappa shape index (κ2) is 5.89. The van der Waals surface area contributed by atoms with Crippen LogP contribution in [0.5, 0.6) is 0 Å². The highest BCUT2D eigenvalue weighted by Gasteiger charge is 2.27. The van der Waals surface area contributed by atoms with Crippen molar-refractivity contribution in [1.82, 2.24) is 0 Å². The molecule has 0 aromatic carbocycles. The van der Waals surface area contributed by atoms with Gasteiger partial charge in [-0.15, -0.1) is 0 Å². The van der Waals surface area contributed by atoms with Crippen LogP contribution in [0.15, 0.2) is 0 Å². The Kier molecular flexibility index (Phi) is 5.79. The molecule has 0 aliphatic heterocycles. The summed E-state index contributed by atoms with van der Waals surface area (Å²) in [5.41, 5.74) is 10.5. The maximum Gasteiger partial charge on any atom is 0.264 e. The van der Waals surface area contributed by atoms with Crippen molar-refractivity contribution in [2.75, 3.05) is 25.6 Å². The molecule has 8 nitrogen and oxygen atoms in total. The standard InChI is InChI=1S/C6H16N2O6S2/c1-15(9,10)13-5(3-7)6(4-8)14-16(2,11)12/h5-6H,3-4,7-8H2,1-2H3/t5-,6+. The van der Waals surface area contributed by atoms with Crippen LogP contribution >= 0.6 is 0 Å². The molecule has 0 aromatic heterocycles. The van der Waals surface area contributed by atoms with E-state index in [9.17, 15) is 16.8 Å². The summed E-state index contributed by atoms with van der Waals surface area (Å²) in [5, 5.41) is 0. The van der Waals surface area contributed by atoms with E-state index < -0.39 is 32.4 Å². The van der Waals surface area contributed by atoms with Crippen LogP contribution < -0.4 is 11.5 Å². The molecule has 0 bridgehead atoms. The summed E-state index contributed by atoms with van der Waals surface area (Å²) in [6.45, 7) is -0.463. The van der Waals surface area contributed by atoms with Crippen LogP contribution in [0.3, 0.4) is 0 Å². The molecule has 2 atom stereocenters. The average Bonchev–Trinajstić information content (AvgIpc) is 2.07. The van der Waals surface area contributed by atoms with E-state index >= 15 is 0 Å². The maximum atomic E-state index is 10.9. The lowest BCUT2D eigenvalue weighted by Crippen LogP contribution is -2.44. The van der Waals surface area contributed by atoms with Crippen LogP contribution in [0.4, 0.5) is 0 Å². The van der Waals surface area contributed by atoms with Gasteiger partial charge < -0.3 is 11.5 Å². The summed E-state index contributed by atoms with van der Waals surface area (Å²) in [4.78, 5) is 0. The van der Waals surface area contributed by atoms with E-state index in [1.54, 1.807) is 0 Å². The summed E-state index contributed by atoms with van der Waals surface area (Å²) in [5.74, 6) is 0. The molecular weight excluding hydrogens is 260 g/mol. The van der Waals surface area contributed by atoms with Gasteiger partial charge in [0.15, 0.2) is 0 Å². The van der Waals surface area contributed by atoms with Gasteiger partial charge in [-0.25, -0.2) is 0 Å². The molecule has 0 saturated carbocycles. The topological polar surface area (TPSA) is 139 Å². The molecule has 0 fully saturated rings. The van der Waals surface area contributed by atoms with Gasteiger partial charge in [-0.3, -0.25) is 8.37 Å². The van der Waals surface area contributed by atoms with Gasteiger partial charge in [0.1, 0.15) is 12.2 Å². The quantitative estimate of drug-likeness (QED) is 0.490. The highest BCUT2D eigenvalue weighted by atomic mass is 32.2. The highest BCUT2D eigenvalue weighted by Crippen LogP contribution is 2.08. The third kappa shape index (κ3) is 7.09. The largest absolute Gasteiger partial charge is 0.328 e. The van der Waals surface area contributed by atoms with E-state index in [2.05, 4.69) is 8.37 Å². The van der Waals surface area contributed by atoms with Crippen LogP contribution in [0, 0.1) is 0 Å². The molecule has 98 valence electrons. The van der Waals surface area contributed by atoms with Crippen molar-refractivity contribution in [3.05, 3.63) is 0 Å². The number of rotatable bonds is 7. The Bertz CT molecular complexity index is 363. The average molecular weight is 276 g/mol. The summed E-state index contributed by atoms with van der Waals surface area (Å²) >= 11 is 0. The second-order valence-corrected chi connectivity index (χ2v) is 6.35. The lowest BCUT2D eigenvalue weighted by Gasteiger charge is -2.22. The summed E-state index contributed by atoms with van der Waals surface area (Å²) in [6.07, 6.45) is -0.614. The van der Waals surface area contributed by atoms with Crippen LogP contribution in [0.2, 0.25) is 0 Å². The molecule has 0 unspecified atom stereocenters. The second-order valence-electron chi connectivity index (χ2n) is 3.15. The molecule has 0 saturated heterocycles. The zero-order valence-corrected chi connectivity index (χ0v) is 10.6.